The van der Waals surface area contributed by atoms with Gasteiger partial charge in [0.2, 0.25) is 0 Å². The van der Waals surface area contributed by atoms with Crippen LogP contribution in [-0.4, -0.2) is 78.6 Å². The predicted octanol–water partition coefficient (Wildman–Crippen LogP) is 1.05. The average Bonchev–Trinajstić information content (AvgIpc) is 2.62. The van der Waals surface area contributed by atoms with Crippen molar-refractivity contribution in [2.75, 3.05) is 52.5 Å². The van der Waals surface area contributed by atoms with Crippen LogP contribution in [0.3, 0.4) is 0 Å². The number of rotatable bonds is 7. The minimum Gasteiger partial charge on any atom is -0.395 e. The Morgan fingerprint density at radius 3 is 2.67 bits per heavy atom. The Hall–Kier alpha value is -0.980. The highest BCUT2D eigenvalue weighted by Crippen LogP contribution is 2.32. The van der Waals surface area contributed by atoms with E-state index in [9.17, 15) is 5.11 Å². The fourth-order valence-corrected chi connectivity index (χ4v) is 3.80. The lowest BCUT2D eigenvalue weighted by Gasteiger charge is -2.35. The highest BCUT2D eigenvalue weighted by atomic mass is 16.5. The van der Waals surface area contributed by atoms with Crippen LogP contribution < -0.4 is 0 Å². The molecule has 0 saturated carbocycles. The summed E-state index contributed by atoms with van der Waals surface area (Å²) >= 11 is 0. The number of hydrogen-bond acceptors (Lipinski definition) is 5. The number of hydrogen-bond donors (Lipinski definition) is 2. The van der Waals surface area contributed by atoms with Gasteiger partial charge in [-0.05, 0) is 30.4 Å². The van der Waals surface area contributed by atoms with Gasteiger partial charge < -0.3 is 14.9 Å². The quantitative estimate of drug-likeness (QED) is 0.781. The lowest BCUT2D eigenvalue weighted by Crippen LogP contribution is -2.49. The van der Waals surface area contributed by atoms with E-state index in [4.69, 9.17) is 9.84 Å². The number of ether oxygens (including phenoxy) is 1. The summed E-state index contributed by atoms with van der Waals surface area (Å²) in [5.74, 6) is 0. The zero-order valence-corrected chi connectivity index (χ0v) is 14.4. The van der Waals surface area contributed by atoms with Crippen molar-refractivity contribution in [3.8, 4) is 0 Å². The van der Waals surface area contributed by atoms with Crippen LogP contribution in [0.4, 0.5) is 0 Å². The standard InChI is InChI=1S/C19H30N2O3/c22-13-12-20-8-10-21(11-9-20)14-17(23)15-24-19-7-3-5-16-4-1-2-6-18(16)19/h1-2,4,6,17,19,22-23H,3,5,7-15H2/t17-,19+/m1/s1. The van der Waals surface area contributed by atoms with Gasteiger partial charge >= 0.3 is 0 Å². The third kappa shape index (κ3) is 4.77. The molecule has 5 heteroatoms. The van der Waals surface area contributed by atoms with Crippen molar-refractivity contribution >= 4 is 0 Å². The Balaban J connectivity index is 1.41. The first-order valence-corrected chi connectivity index (χ1v) is 9.19. The lowest BCUT2D eigenvalue weighted by molar-refractivity contribution is -0.0325. The van der Waals surface area contributed by atoms with Gasteiger partial charge in [-0.2, -0.15) is 0 Å². The Morgan fingerprint density at radius 1 is 1.12 bits per heavy atom. The van der Waals surface area contributed by atoms with Gasteiger partial charge in [0.1, 0.15) is 0 Å². The summed E-state index contributed by atoms with van der Waals surface area (Å²) in [5.41, 5.74) is 2.69. The molecule has 134 valence electrons. The Labute approximate surface area is 144 Å². The minimum atomic E-state index is -0.441. The van der Waals surface area contributed by atoms with Crippen molar-refractivity contribution in [2.45, 2.75) is 31.5 Å². The van der Waals surface area contributed by atoms with Crippen molar-refractivity contribution < 1.29 is 14.9 Å². The fraction of sp³-hybridized carbons (Fsp3) is 0.684. The molecule has 1 aliphatic heterocycles. The number of piperazine rings is 1. The highest BCUT2D eigenvalue weighted by molar-refractivity contribution is 5.31. The largest absolute Gasteiger partial charge is 0.395 e. The summed E-state index contributed by atoms with van der Waals surface area (Å²) in [6.07, 6.45) is 3.03. The van der Waals surface area contributed by atoms with Gasteiger partial charge in [0.05, 0.1) is 25.4 Å². The van der Waals surface area contributed by atoms with Gasteiger partial charge in [-0.25, -0.2) is 0 Å². The number of aryl methyl sites for hydroxylation is 1. The third-order valence-electron chi connectivity index (χ3n) is 5.15. The average molecular weight is 334 g/mol. The van der Waals surface area contributed by atoms with E-state index >= 15 is 0 Å². The fourth-order valence-electron chi connectivity index (χ4n) is 3.80. The topological polar surface area (TPSA) is 56.2 Å². The molecule has 2 N–H and O–H groups in total. The Morgan fingerprint density at radius 2 is 1.88 bits per heavy atom. The van der Waals surface area contributed by atoms with Gasteiger partial charge in [0, 0.05) is 39.3 Å². The van der Waals surface area contributed by atoms with Crippen LogP contribution in [0.2, 0.25) is 0 Å². The van der Waals surface area contributed by atoms with Crippen molar-refractivity contribution in [3.05, 3.63) is 35.4 Å². The van der Waals surface area contributed by atoms with E-state index in [1.54, 1.807) is 0 Å². The van der Waals surface area contributed by atoms with Crippen LogP contribution in [0.1, 0.15) is 30.1 Å². The normalized spacial score (nSPS) is 23.8. The molecule has 24 heavy (non-hydrogen) atoms. The molecule has 1 heterocycles. The Bertz CT molecular complexity index is 503. The first kappa shape index (κ1) is 17.8. The number of nitrogens with zero attached hydrogens (tertiary/aromatic N) is 2. The van der Waals surface area contributed by atoms with E-state index in [1.807, 2.05) is 0 Å². The van der Waals surface area contributed by atoms with Crippen LogP contribution in [0.15, 0.2) is 24.3 Å². The number of aliphatic hydroxyl groups excluding tert-OH is 2. The van der Waals surface area contributed by atoms with Crippen molar-refractivity contribution in [3.63, 3.8) is 0 Å². The van der Waals surface area contributed by atoms with Gasteiger partial charge in [-0.15, -0.1) is 0 Å². The molecule has 0 amide bonds. The molecule has 5 nitrogen and oxygen atoms in total. The van der Waals surface area contributed by atoms with Crippen LogP contribution >= 0.6 is 0 Å². The molecule has 1 aliphatic carbocycles. The predicted molar refractivity (Wildman–Crippen MR) is 94.0 cm³/mol. The molecule has 3 rings (SSSR count). The molecule has 1 saturated heterocycles. The van der Waals surface area contributed by atoms with E-state index in [0.717, 1.165) is 52.0 Å². The molecule has 2 atom stereocenters. The molecular formula is C19H30N2O3. The Kier molecular flexibility index (Phi) is 6.63. The highest BCUT2D eigenvalue weighted by Gasteiger charge is 2.23. The van der Waals surface area contributed by atoms with Crippen molar-refractivity contribution in [1.29, 1.82) is 0 Å². The number of β-amino-alcohol motifs (C(OH)–C–C–N with tert-alkyl or cyclic N) is 2. The van der Waals surface area contributed by atoms with Crippen molar-refractivity contribution in [2.24, 2.45) is 0 Å². The maximum atomic E-state index is 10.3. The molecule has 1 fully saturated rings. The zero-order valence-electron chi connectivity index (χ0n) is 14.4. The summed E-state index contributed by atoms with van der Waals surface area (Å²) in [4.78, 5) is 4.55. The van der Waals surface area contributed by atoms with E-state index < -0.39 is 6.10 Å². The van der Waals surface area contributed by atoms with Gasteiger partial charge in [-0.1, -0.05) is 24.3 Å². The second-order valence-electron chi connectivity index (χ2n) is 6.93. The monoisotopic (exact) mass is 334 g/mol. The molecule has 0 spiro atoms. The summed E-state index contributed by atoms with van der Waals surface area (Å²) in [7, 11) is 0. The summed E-state index contributed by atoms with van der Waals surface area (Å²) < 4.78 is 6.05. The van der Waals surface area contributed by atoms with E-state index in [2.05, 4.69) is 34.1 Å². The van der Waals surface area contributed by atoms with Gasteiger partial charge in [0.15, 0.2) is 0 Å². The third-order valence-corrected chi connectivity index (χ3v) is 5.15. The maximum absolute atomic E-state index is 10.3. The van der Waals surface area contributed by atoms with E-state index in [-0.39, 0.29) is 12.7 Å². The molecule has 2 aliphatic rings. The SMILES string of the molecule is OCCN1CCN(C[C@@H](O)CO[C@H]2CCCc3ccccc32)CC1. The second-order valence-corrected chi connectivity index (χ2v) is 6.93. The lowest BCUT2D eigenvalue weighted by atomic mass is 9.89. The van der Waals surface area contributed by atoms with Crippen LogP contribution in [-0.2, 0) is 11.2 Å². The van der Waals surface area contributed by atoms with E-state index in [1.165, 1.54) is 11.1 Å². The maximum Gasteiger partial charge on any atom is 0.0900 e. The molecule has 1 aromatic rings. The van der Waals surface area contributed by atoms with E-state index in [0.29, 0.717) is 13.2 Å². The zero-order chi connectivity index (χ0) is 16.8. The summed E-state index contributed by atoms with van der Waals surface area (Å²) in [5, 5.41) is 19.3. The number of aliphatic hydroxyl groups is 2. The molecule has 0 radical (unpaired) electrons. The van der Waals surface area contributed by atoms with Gasteiger partial charge in [0.25, 0.3) is 0 Å². The number of fused-ring (bicyclic) bond motifs is 1. The summed E-state index contributed by atoms with van der Waals surface area (Å²) in [6.45, 7) is 5.86. The molecule has 0 aromatic heterocycles. The molecule has 0 bridgehead atoms. The summed E-state index contributed by atoms with van der Waals surface area (Å²) in [6, 6.07) is 8.51. The first-order valence-electron chi connectivity index (χ1n) is 9.19. The van der Waals surface area contributed by atoms with Crippen LogP contribution in [0.5, 0.6) is 0 Å². The molecule has 0 unspecified atom stereocenters. The number of benzene rings is 1. The second kappa shape index (κ2) is 8.92. The minimum absolute atomic E-state index is 0.131. The molecule has 1 aromatic carbocycles. The smallest absolute Gasteiger partial charge is 0.0900 e. The van der Waals surface area contributed by atoms with Crippen LogP contribution in [0.25, 0.3) is 0 Å². The first-order chi connectivity index (χ1) is 11.8. The molecular weight excluding hydrogens is 304 g/mol. The van der Waals surface area contributed by atoms with Crippen molar-refractivity contribution in [1.82, 2.24) is 9.80 Å². The van der Waals surface area contributed by atoms with Gasteiger partial charge in [-0.3, -0.25) is 9.80 Å². The van der Waals surface area contributed by atoms with Crippen LogP contribution in [0, 0.1) is 0 Å².